The number of hydrogen-bond acceptors (Lipinski definition) is 4. The van der Waals surface area contributed by atoms with Crippen molar-refractivity contribution in [1.82, 2.24) is 9.97 Å². The normalized spacial score (nSPS) is 12.4. The second-order valence-corrected chi connectivity index (χ2v) is 8.39. The summed E-state index contributed by atoms with van der Waals surface area (Å²) in [5, 5.41) is 9.39. The lowest BCUT2D eigenvalue weighted by molar-refractivity contribution is 0.0566. The van der Waals surface area contributed by atoms with Gasteiger partial charge in [0.2, 0.25) is 0 Å². The SMILES string of the molecule is CCCCCOC(C)CCC/C=C/c1ccc(-c2cnc(-c3ccc(O)cc3)nc2)c(F)c1F. The van der Waals surface area contributed by atoms with Crippen LogP contribution in [0.2, 0.25) is 0 Å². The minimum Gasteiger partial charge on any atom is -0.508 e. The molecule has 34 heavy (non-hydrogen) atoms. The third-order valence-electron chi connectivity index (χ3n) is 5.63. The van der Waals surface area contributed by atoms with Gasteiger partial charge >= 0.3 is 0 Å². The van der Waals surface area contributed by atoms with Gasteiger partial charge in [0.05, 0.1) is 6.10 Å². The largest absolute Gasteiger partial charge is 0.508 e. The van der Waals surface area contributed by atoms with Gasteiger partial charge in [-0.3, -0.25) is 0 Å². The summed E-state index contributed by atoms with van der Waals surface area (Å²) in [4.78, 5) is 8.51. The van der Waals surface area contributed by atoms with Gasteiger partial charge in [-0.15, -0.1) is 0 Å². The van der Waals surface area contributed by atoms with Crippen LogP contribution in [0.3, 0.4) is 0 Å². The number of phenols is 1. The molecular weight excluding hydrogens is 434 g/mol. The summed E-state index contributed by atoms with van der Waals surface area (Å²) in [5.74, 6) is -1.22. The molecule has 0 saturated heterocycles. The lowest BCUT2D eigenvalue weighted by atomic mass is 10.0. The quantitative estimate of drug-likeness (QED) is 0.280. The van der Waals surface area contributed by atoms with E-state index >= 15 is 0 Å². The second-order valence-electron chi connectivity index (χ2n) is 8.39. The van der Waals surface area contributed by atoms with Crippen molar-refractivity contribution in [3.63, 3.8) is 0 Å². The van der Waals surface area contributed by atoms with Crippen LogP contribution in [-0.4, -0.2) is 27.8 Å². The van der Waals surface area contributed by atoms with Gasteiger partial charge in [0.25, 0.3) is 0 Å². The van der Waals surface area contributed by atoms with Crippen molar-refractivity contribution >= 4 is 6.08 Å². The smallest absolute Gasteiger partial charge is 0.167 e. The summed E-state index contributed by atoms with van der Waals surface area (Å²) >= 11 is 0. The van der Waals surface area contributed by atoms with Crippen LogP contribution >= 0.6 is 0 Å². The zero-order valence-corrected chi connectivity index (χ0v) is 19.8. The minimum atomic E-state index is -0.919. The summed E-state index contributed by atoms with van der Waals surface area (Å²) in [6.07, 6.45) is 12.7. The molecule has 4 nitrogen and oxygen atoms in total. The van der Waals surface area contributed by atoms with Gasteiger partial charge in [-0.2, -0.15) is 0 Å². The predicted molar refractivity (Wildman–Crippen MR) is 132 cm³/mol. The van der Waals surface area contributed by atoms with Crippen LogP contribution in [0.5, 0.6) is 5.75 Å². The average molecular weight is 467 g/mol. The van der Waals surface area contributed by atoms with E-state index in [-0.39, 0.29) is 23.0 Å². The van der Waals surface area contributed by atoms with Crippen LogP contribution in [-0.2, 0) is 4.74 Å². The maximum absolute atomic E-state index is 14.8. The predicted octanol–water partition coefficient (Wildman–Crippen LogP) is 7.57. The van der Waals surface area contributed by atoms with Gasteiger partial charge in [-0.1, -0.05) is 44.1 Å². The molecule has 3 rings (SSSR count). The summed E-state index contributed by atoms with van der Waals surface area (Å²) in [6.45, 7) is 5.04. The molecule has 1 atom stereocenters. The van der Waals surface area contributed by atoms with Crippen molar-refractivity contribution in [2.75, 3.05) is 6.61 Å². The first-order chi connectivity index (χ1) is 16.5. The molecular formula is C28H32F2N2O2. The molecule has 3 aromatic rings. The molecule has 1 heterocycles. The highest BCUT2D eigenvalue weighted by Crippen LogP contribution is 2.27. The van der Waals surface area contributed by atoms with Gasteiger partial charge < -0.3 is 9.84 Å². The molecule has 0 radical (unpaired) electrons. The van der Waals surface area contributed by atoms with E-state index in [0.29, 0.717) is 17.0 Å². The van der Waals surface area contributed by atoms with Crippen LogP contribution in [0.4, 0.5) is 8.78 Å². The first-order valence-corrected chi connectivity index (χ1v) is 11.9. The number of unbranched alkanes of at least 4 members (excludes halogenated alkanes) is 3. The van der Waals surface area contributed by atoms with Crippen molar-refractivity contribution in [3.8, 4) is 28.3 Å². The third-order valence-corrected chi connectivity index (χ3v) is 5.63. The third kappa shape index (κ3) is 7.19. The standard InChI is InChI=1S/C28H32F2N2O2/c1-3-4-8-17-34-20(2)9-6-5-7-10-21-13-16-25(27(30)26(21)29)23-18-31-28(32-19-23)22-11-14-24(33)15-12-22/h7,10-16,18-20,33H,3-6,8-9,17H2,1-2H3/b10-7+. The number of halogens is 2. The maximum Gasteiger partial charge on any atom is 0.167 e. The van der Waals surface area contributed by atoms with E-state index in [2.05, 4.69) is 23.8 Å². The van der Waals surface area contributed by atoms with Crippen LogP contribution in [0.1, 0.15) is 57.9 Å². The Hall–Kier alpha value is -3.12. The van der Waals surface area contributed by atoms with E-state index in [0.717, 1.165) is 32.3 Å². The highest BCUT2D eigenvalue weighted by molar-refractivity contribution is 5.67. The van der Waals surface area contributed by atoms with Gasteiger partial charge in [-0.25, -0.2) is 18.7 Å². The molecule has 2 aromatic carbocycles. The molecule has 0 bridgehead atoms. The fraction of sp³-hybridized carbons (Fsp3) is 0.357. The van der Waals surface area contributed by atoms with Crippen LogP contribution in [0.25, 0.3) is 28.6 Å². The molecule has 0 aliphatic carbocycles. The number of aromatic nitrogens is 2. The Balaban J connectivity index is 1.56. The molecule has 0 aliphatic heterocycles. The van der Waals surface area contributed by atoms with E-state index < -0.39 is 11.6 Å². The summed E-state index contributed by atoms with van der Waals surface area (Å²) in [6, 6.07) is 9.56. The summed E-state index contributed by atoms with van der Waals surface area (Å²) < 4.78 is 35.2. The minimum absolute atomic E-state index is 0.112. The van der Waals surface area contributed by atoms with Crippen LogP contribution < -0.4 is 0 Å². The van der Waals surface area contributed by atoms with Crippen molar-refractivity contribution in [3.05, 3.63) is 72.1 Å². The lowest BCUT2D eigenvalue weighted by Gasteiger charge is -2.12. The first kappa shape index (κ1) is 25.5. The van der Waals surface area contributed by atoms with Gasteiger partial charge in [0, 0.05) is 41.3 Å². The lowest BCUT2D eigenvalue weighted by Crippen LogP contribution is -2.08. The Morgan fingerprint density at radius 2 is 1.68 bits per heavy atom. The fourth-order valence-electron chi connectivity index (χ4n) is 3.60. The molecule has 0 aliphatic rings. The monoisotopic (exact) mass is 466 g/mol. The van der Waals surface area contributed by atoms with Crippen molar-refractivity contribution in [1.29, 1.82) is 0 Å². The van der Waals surface area contributed by atoms with Crippen LogP contribution in [0.15, 0.2) is 54.9 Å². The molecule has 0 saturated carbocycles. The van der Waals surface area contributed by atoms with Gasteiger partial charge in [-0.05, 0) is 56.9 Å². The Bertz CT molecular complexity index is 1070. The molecule has 180 valence electrons. The average Bonchev–Trinajstić information content (AvgIpc) is 2.85. The Morgan fingerprint density at radius 3 is 2.38 bits per heavy atom. The Morgan fingerprint density at radius 1 is 0.941 bits per heavy atom. The zero-order valence-electron chi connectivity index (χ0n) is 19.8. The van der Waals surface area contributed by atoms with E-state index in [1.54, 1.807) is 30.3 Å². The maximum atomic E-state index is 14.8. The second kappa shape index (κ2) is 12.9. The summed E-state index contributed by atoms with van der Waals surface area (Å²) in [5.41, 5.74) is 1.43. The summed E-state index contributed by atoms with van der Waals surface area (Å²) in [7, 11) is 0. The number of aromatic hydroxyl groups is 1. The number of ether oxygens (including phenoxy) is 1. The molecule has 1 aromatic heterocycles. The number of allylic oxidation sites excluding steroid dienone is 1. The van der Waals surface area contributed by atoms with E-state index in [4.69, 9.17) is 4.74 Å². The highest BCUT2D eigenvalue weighted by atomic mass is 19.2. The van der Waals surface area contributed by atoms with Crippen molar-refractivity contribution in [2.45, 2.75) is 58.5 Å². The Kier molecular flexibility index (Phi) is 9.71. The molecule has 0 fully saturated rings. The molecule has 6 heteroatoms. The van der Waals surface area contributed by atoms with Gasteiger partial charge in [0.1, 0.15) is 5.75 Å². The van der Waals surface area contributed by atoms with E-state index in [9.17, 15) is 13.9 Å². The fourth-order valence-corrected chi connectivity index (χ4v) is 3.60. The van der Waals surface area contributed by atoms with Gasteiger partial charge in [0.15, 0.2) is 17.5 Å². The molecule has 1 N–H and O–H groups in total. The Labute approximate surface area is 200 Å². The van der Waals surface area contributed by atoms with Crippen molar-refractivity contribution < 1.29 is 18.6 Å². The first-order valence-electron chi connectivity index (χ1n) is 11.9. The number of nitrogens with zero attached hydrogens (tertiary/aromatic N) is 2. The topological polar surface area (TPSA) is 55.2 Å². The molecule has 0 amide bonds. The van der Waals surface area contributed by atoms with Crippen molar-refractivity contribution in [2.24, 2.45) is 0 Å². The molecule has 0 spiro atoms. The number of hydrogen-bond donors (Lipinski definition) is 1. The van der Waals surface area contributed by atoms with E-state index in [1.807, 2.05) is 6.08 Å². The number of phenolic OH excluding ortho intramolecular Hbond substituents is 1. The molecule has 1 unspecified atom stereocenters. The highest BCUT2D eigenvalue weighted by Gasteiger charge is 2.14. The number of benzene rings is 2. The van der Waals surface area contributed by atoms with E-state index in [1.165, 1.54) is 37.4 Å². The van der Waals surface area contributed by atoms with Crippen LogP contribution in [0, 0.1) is 11.6 Å². The number of rotatable bonds is 12. The zero-order chi connectivity index (χ0) is 24.3.